The summed E-state index contributed by atoms with van der Waals surface area (Å²) in [4.78, 5) is 29.3. The van der Waals surface area contributed by atoms with Crippen molar-refractivity contribution in [1.82, 2.24) is 19.7 Å². The number of fused-ring (bicyclic) bond motifs is 1. The third-order valence-corrected chi connectivity index (χ3v) is 5.77. The lowest BCUT2D eigenvalue weighted by atomic mass is 9.86. The number of hydrogen-bond donors (Lipinski definition) is 2. The molecule has 4 rings (SSSR count). The number of anilines is 1. The van der Waals surface area contributed by atoms with Gasteiger partial charge in [-0.2, -0.15) is 5.10 Å². The quantitative estimate of drug-likeness (QED) is 0.669. The van der Waals surface area contributed by atoms with Crippen LogP contribution in [0.5, 0.6) is 0 Å². The van der Waals surface area contributed by atoms with Gasteiger partial charge >= 0.3 is 0 Å². The number of hydrogen-bond acceptors (Lipinski definition) is 4. The zero-order valence-corrected chi connectivity index (χ0v) is 16.8. The van der Waals surface area contributed by atoms with E-state index < -0.39 is 0 Å². The molecule has 2 N–H and O–H groups in total. The molecule has 0 radical (unpaired) electrons. The number of rotatable bonds is 6. The van der Waals surface area contributed by atoms with Crippen molar-refractivity contribution in [1.29, 1.82) is 0 Å². The molecule has 0 unspecified atom stereocenters. The van der Waals surface area contributed by atoms with Gasteiger partial charge in [-0.15, -0.1) is 0 Å². The predicted molar refractivity (Wildman–Crippen MR) is 113 cm³/mol. The molecule has 0 spiro atoms. The minimum atomic E-state index is -0.169. The number of benzene rings is 1. The Morgan fingerprint density at radius 2 is 2.10 bits per heavy atom. The number of para-hydroxylation sites is 1. The van der Waals surface area contributed by atoms with Gasteiger partial charge in [0, 0.05) is 24.7 Å². The first-order chi connectivity index (χ1) is 14.1. The summed E-state index contributed by atoms with van der Waals surface area (Å²) in [5.74, 6) is 1.08. The van der Waals surface area contributed by atoms with Crippen molar-refractivity contribution >= 4 is 22.6 Å². The van der Waals surface area contributed by atoms with E-state index in [-0.39, 0.29) is 24.4 Å². The van der Waals surface area contributed by atoms with Crippen LogP contribution in [0, 0.1) is 12.8 Å². The second kappa shape index (κ2) is 8.59. The Bertz CT molecular complexity index is 1060. The number of aromatic amines is 1. The molecule has 1 saturated carbocycles. The van der Waals surface area contributed by atoms with Gasteiger partial charge < -0.3 is 5.32 Å². The number of nitrogens with one attached hydrogen (secondary N) is 2. The van der Waals surface area contributed by atoms with E-state index in [1.54, 1.807) is 6.07 Å². The first-order valence-corrected chi connectivity index (χ1v) is 10.4. The number of carbonyl (C=O) groups is 1. The summed E-state index contributed by atoms with van der Waals surface area (Å²) >= 11 is 0. The zero-order valence-electron chi connectivity index (χ0n) is 16.8. The Labute approximate surface area is 169 Å². The van der Waals surface area contributed by atoms with Crippen molar-refractivity contribution in [2.24, 2.45) is 5.92 Å². The summed E-state index contributed by atoms with van der Waals surface area (Å²) in [6.07, 6.45) is 9.20. The average Bonchev–Trinajstić information content (AvgIpc) is 3.15. The van der Waals surface area contributed by atoms with Gasteiger partial charge in [-0.1, -0.05) is 44.2 Å². The normalized spacial score (nSPS) is 14.9. The topological polar surface area (TPSA) is 92.7 Å². The van der Waals surface area contributed by atoms with E-state index in [1.807, 2.05) is 25.1 Å². The van der Waals surface area contributed by atoms with E-state index in [2.05, 4.69) is 20.5 Å². The van der Waals surface area contributed by atoms with Crippen molar-refractivity contribution in [3.05, 3.63) is 52.2 Å². The van der Waals surface area contributed by atoms with Gasteiger partial charge in [0.1, 0.15) is 0 Å². The van der Waals surface area contributed by atoms with Crippen molar-refractivity contribution < 1.29 is 4.79 Å². The molecule has 2 aromatic heterocycles. The third-order valence-electron chi connectivity index (χ3n) is 5.77. The number of aromatic nitrogens is 4. The van der Waals surface area contributed by atoms with Gasteiger partial charge in [-0.3, -0.25) is 19.3 Å². The molecule has 29 heavy (non-hydrogen) atoms. The van der Waals surface area contributed by atoms with Crippen LogP contribution < -0.4 is 10.9 Å². The van der Waals surface area contributed by atoms with Crippen LogP contribution in [0.3, 0.4) is 0 Å². The number of H-pyrrole nitrogens is 1. The minimum Gasteiger partial charge on any atom is -0.309 e. The number of carbonyl (C=O) groups excluding carboxylic acids is 1. The SMILES string of the molecule is Cc1cccc2c(=O)n(CCC(=O)Nc3cc(CC4CCCCC4)[nH]n3)cnc12. The van der Waals surface area contributed by atoms with Crippen molar-refractivity contribution in [3.8, 4) is 0 Å². The Kier molecular flexibility index (Phi) is 5.74. The summed E-state index contributed by atoms with van der Waals surface area (Å²) in [5.41, 5.74) is 2.62. The van der Waals surface area contributed by atoms with Crippen LogP contribution in [0.15, 0.2) is 35.4 Å². The van der Waals surface area contributed by atoms with Crippen LogP contribution in [0.4, 0.5) is 5.82 Å². The molecule has 2 heterocycles. The first-order valence-electron chi connectivity index (χ1n) is 10.4. The fraction of sp³-hybridized carbons (Fsp3) is 0.455. The average molecular weight is 393 g/mol. The van der Waals surface area contributed by atoms with E-state index in [1.165, 1.54) is 43.0 Å². The first kappa shape index (κ1) is 19.4. The maximum Gasteiger partial charge on any atom is 0.261 e. The van der Waals surface area contributed by atoms with Crippen LogP contribution in [-0.4, -0.2) is 25.7 Å². The highest BCUT2D eigenvalue weighted by molar-refractivity contribution is 5.89. The van der Waals surface area contributed by atoms with Crippen molar-refractivity contribution in [2.75, 3.05) is 5.32 Å². The van der Waals surface area contributed by atoms with Crippen molar-refractivity contribution in [3.63, 3.8) is 0 Å². The molecule has 0 bridgehead atoms. The highest BCUT2D eigenvalue weighted by Gasteiger charge is 2.16. The summed E-state index contributed by atoms with van der Waals surface area (Å²) in [6, 6.07) is 7.46. The molecule has 1 aliphatic carbocycles. The molecule has 0 aliphatic heterocycles. The highest BCUT2D eigenvalue weighted by atomic mass is 16.2. The summed E-state index contributed by atoms with van der Waals surface area (Å²) in [6.45, 7) is 2.21. The largest absolute Gasteiger partial charge is 0.309 e. The molecular formula is C22H27N5O2. The van der Waals surface area contributed by atoms with Crippen LogP contribution in [0.2, 0.25) is 0 Å². The summed E-state index contributed by atoms with van der Waals surface area (Å²) in [5, 5.41) is 10.6. The molecule has 1 amide bonds. The highest BCUT2D eigenvalue weighted by Crippen LogP contribution is 2.26. The third kappa shape index (κ3) is 4.55. The van der Waals surface area contributed by atoms with Crippen LogP contribution in [0.1, 0.15) is 49.8 Å². The lowest BCUT2D eigenvalue weighted by Gasteiger charge is -2.20. The monoisotopic (exact) mass is 393 g/mol. The summed E-state index contributed by atoms with van der Waals surface area (Å²) in [7, 11) is 0. The molecule has 1 fully saturated rings. The fourth-order valence-electron chi connectivity index (χ4n) is 4.16. The van der Waals surface area contributed by atoms with Crippen LogP contribution >= 0.6 is 0 Å². The second-order valence-electron chi connectivity index (χ2n) is 8.00. The van der Waals surface area contributed by atoms with Gasteiger partial charge in [-0.05, 0) is 30.9 Å². The van der Waals surface area contributed by atoms with Crippen LogP contribution in [0.25, 0.3) is 10.9 Å². The maximum atomic E-state index is 12.6. The molecular weight excluding hydrogens is 366 g/mol. The molecule has 0 atom stereocenters. The molecule has 1 aromatic carbocycles. The van der Waals surface area contributed by atoms with Gasteiger partial charge in [-0.25, -0.2) is 4.98 Å². The Morgan fingerprint density at radius 3 is 2.93 bits per heavy atom. The second-order valence-corrected chi connectivity index (χ2v) is 8.00. The number of aryl methyl sites for hydroxylation is 2. The van der Waals surface area contributed by atoms with Gasteiger partial charge in [0.15, 0.2) is 5.82 Å². The standard InChI is InChI=1S/C22H27N5O2/c1-15-6-5-9-18-21(15)23-14-27(22(18)29)11-10-20(28)24-19-13-17(25-26-19)12-16-7-3-2-4-8-16/h5-6,9,13-14,16H,2-4,7-8,10-12H2,1H3,(H2,24,25,26,28). The smallest absolute Gasteiger partial charge is 0.261 e. The lowest BCUT2D eigenvalue weighted by Crippen LogP contribution is -2.24. The van der Waals surface area contributed by atoms with E-state index in [4.69, 9.17) is 0 Å². The van der Waals surface area contributed by atoms with E-state index >= 15 is 0 Å². The molecule has 1 aliphatic rings. The zero-order chi connectivity index (χ0) is 20.2. The molecule has 7 nitrogen and oxygen atoms in total. The van der Waals surface area contributed by atoms with E-state index in [9.17, 15) is 9.59 Å². The molecule has 3 aromatic rings. The molecule has 0 saturated heterocycles. The fourth-order valence-corrected chi connectivity index (χ4v) is 4.16. The Morgan fingerprint density at radius 1 is 1.28 bits per heavy atom. The lowest BCUT2D eigenvalue weighted by molar-refractivity contribution is -0.116. The number of amides is 1. The van der Waals surface area contributed by atoms with Crippen LogP contribution in [-0.2, 0) is 17.8 Å². The van der Waals surface area contributed by atoms with E-state index in [0.717, 1.165) is 17.7 Å². The van der Waals surface area contributed by atoms with Crippen molar-refractivity contribution in [2.45, 2.75) is 58.4 Å². The predicted octanol–water partition coefficient (Wildman–Crippen LogP) is 3.58. The summed E-state index contributed by atoms with van der Waals surface area (Å²) < 4.78 is 1.49. The van der Waals surface area contributed by atoms with Gasteiger partial charge in [0.25, 0.3) is 5.56 Å². The minimum absolute atomic E-state index is 0.124. The molecule has 152 valence electrons. The Balaban J connectivity index is 1.34. The maximum absolute atomic E-state index is 12.6. The molecule has 7 heteroatoms. The number of nitrogens with zero attached hydrogens (tertiary/aromatic N) is 3. The van der Waals surface area contributed by atoms with E-state index in [0.29, 0.717) is 22.6 Å². The Hall–Kier alpha value is -2.96. The van der Waals surface area contributed by atoms with Gasteiger partial charge in [0.2, 0.25) is 5.91 Å². The van der Waals surface area contributed by atoms with Gasteiger partial charge in [0.05, 0.1) is 17.2 Å².